The lowest BCUT2D eigenvalue weighted by molar-refractivity contribution is -0.121. The third-order valence-electron chi connectivity index (χ3n) is 5.68. The number of carbonyl (C=O) groups is 2. The van der Waals surface area contributed by atoms with Crippen molar-refractivity contribution in [3.05, 3.63) is 90.9 Å². The van der Waals surface area contributed by atoms with E-state index in [1.54, 1.807) is 24.3 Å². The summed E-state index contributed by atoms with van der Waals surface area (Å²) >= 11 is 15.2. The zero-order valence-corrected chi connectivity index (χ0v) is 21.3. The Bertz CT molecular complexity index is 1240. The van der Waals surface area contributed by atoms with Gasteiger partial charge in [-0.25, -0.2) is 0 Å². The molecule has 0 aliphatic carbocycles. The molecule has 0 bridgehead atoms. The number of hydrogen-bond donors (Lipinski definition) is 2. The molecule has 176 valence electrons. The number of nitrogens with one attached hydrogen (secondary N) is 2. The van der Waals surface area contributed by atoms with Crippen molar-refractivity contribution in [2.75, 3.05) is 5.08 Å². The van der Waals surface area contributed by atoms with Gasteiger partial charge in [0.05, 0.1) is 38.4 Å². The Morgan fingerprint density at radius 3 is 1.54 bits per heavy atom. The second-order valence-corrected chi connectivity index (χ2v) is 10.9. The Balaban J connectivity index is 1.58. The molecule has 2 heterocycles. The molecule has 4 rings (SSSR count). The molecule has 2 aliphatic rings. The monoisotopic (exact) mass is 540 g/mol. The standard InChI is InChI=1S/C25H18Cl2N4O2S2/c26-20-7-3-1-5-14(20)16-9-22(32)30-24(18(16)11-28)34-13-35-25-19(12-29)17(10-23(33)31-25)15-6-2-4-8-21(15)27/h1-8,16-17H,9-10,13H2,(H,30,32)(H,31,33)/t16-,17-/m1/s1. The molecule has 2 amide bonds. The van der Waals surface area contributed by atoms with Crippen molar-refractivity contribution < 1.29 is 9.59 Å². The van der Waals surface area contributed by atoms with Gasteiger partial charge in [0.25, 0.3) is 0 Å². The summed E-state index contributed by atoms with van der Waals surface area (Å²) < 4.78 is 0. The molecule has 2 aromatic rings. The number of benzene rings is 2. The molecule has 2 atom stereocenters. The van der Waals surface area contributed by atoms with Gasteiger partial charge in [-0.1, -0.05) is 83.1 Å². The van der Waals surface area contributed by atoms with Gasteiger partial charge in [0.15, 0.2) is 0 Å². The van der Waals surface area contributed by atoms with Gasteiger partial charge in [0.1, 0.15) is 0 Å². The van der Waals surface area contributed by atoms with Crippen LogP contribution in [0.25, 0.3) is 0 Å². The molecule has 0 spiro atoms. The van der Waals surface area contributed by atoms with Gasteiger partial charge in [0, 0.05) is 34.7 Å². The van der Waals surface area contributed by atoms with E-state index in [0.717, 1.165) is 11.1 Å². The number of nitriles is 2. The third kappa shape index (κ3) is 5.52. The van der Waals surface area contributed by atoms with Crippen LogP contribution in [0.3, 0.4) is 0 Å². The fourth-order valence-electron chi connectivity index (χ4n) is 4.06. The first-order valence-electron chi connectivity index (χ1n) is 10.6. The van der Waals surface area contributed by atoms with E-state index >= 15 is 0 Å². The molecule has 0 fully saturated rings. The van der Waals surface area contributed by atoms with Gasteiger partial charge < -0.3 is 10.6 Å². The highest BCUT2D eigenvalue weighted by Gasteiger charge is 2.32. The number of nitrogens with zero attached hydrogens (tertiary/aromatic N) is 2. The summed E-state index contributed by atoms with van der Waals surface area (Å²) in [6, 6.07) is 18.8. The minimum Gasteiger partial charge on any atom is -0.320 e. The summed E-state index contributed by atoms with van der Waals surface area (Å²) in [5.41, 5.74) is 2.31. The SMILES string of the molecule is N#CC1=C(SCSC2=C(C#N)[C@@H](c3ccccc3Cl)CC(=O)N2)NC(=O)C[C@@H]1c1ccccc1Cl. The number of allylic oxidation sites excluding steroid dienone is 2. The molecule has 35 heavy (non-hydrogen) atoms. The maximum atomic E-state index is 12.4. The topological polar surface area (TPSA) is 106 Å². The van der Waals surface area contributed by atoms with E-state index < -0.39 is 11.8 Å². The van der Waals surface area contributed by atoms with Crippen LogP contribution in [0.2, 0.25) is 10.0 Å². The zero-order valence-electron chi connectivity index (χ0n) is 18.2. The van der Waals surface area contributed by atoms with Crippen molar-refractivity contribution in [1.82, 2.24) is 10.6 Å². The number of hydrogen-bond acceptors (Lipinski definition) is 6. The highest BCUT2D eigenvalue weighted by Crippen LogP contribution is 2.42. The van der Waals surface area contributed by atoms with Crippen LogP contribution in [-0.2, 0) is 9.59 Å². The minimum absolute atomic E-state index is 0.128. The minimum atomic E-state index is -0.442. The van der Waals surface area contributed by atoms with E-state index in [4.69, 9.17) is 23.2 Å². The van der Waals surface area contributed by atoms with E-state index in [-0.39, 0.29) is 24.7 Å². The molecule has 6 nitrogen and oxygen atoms in total. The fourth-order valence-corrected chi connectivity index (χ4v) is 6.83. The van der Waals surface area contributed by atoms with E-state index in [9.17, 15) is 20.1 Å². The first kappa shape index (κ1) is 25.2. The van der Waals surface area contributed by atoms with Gasteiger partial charge in [-0.15, -0.1) is 0 Å². The van der Waals surface area contributed by atoms with Crippen molar-refractivity contribution in [3.63, 3.8) is 0 Å². The lowest BCUT2D eigenvalue weighted by Gasteiger charge is -2.27. The number of amides is 2. The second kappa shape index (κ2) is 11.2. The number of thioether (sulfide) groups is 2. The van der Waals surface area contributed by atoms with Gasteiger partial charge in [0.2, 0.25) is 11.8 Å². The molecule has 0 aromatic heterocycles. The van der Waals surface area contributed by atoms with Crippen LogP contribution in [0.5, 0.6) is 0 Å². The van der Waals surface area contributed by atoms with Crippen LogP contribution in [-0.4, -0.2) is 16.9 Å². The molecule has 2 N–H and O–H groups in total. The molecule has 2 aromatic carbocycles. The van der Waals surface area contributed by atoms with Crippen molar-refractivity contribution in [2.24, 2.45) is 0 Å². The van der Waals surface area contributed by atoms with Crippen LogP contribution in [0.4, 0.5) is 0 Å². The van der Waals surface area contributed by atoms with Crippen LogP contribution in [0, 0.1) is 22.7 Å². The summed E-state index contributed by atoms with van der Waals surface area (Å²) in [7, 11) is 0. The lowest BCUT2D eigenvalue weighted by atomic mass is 9.87. The summed E-state index contributed by atoms with van der Waals surface area (Å²) in [6.45, 7) is 0. The first-order chi connectivity index (χ1) is 16.9. The lowest BCUT2D eigenvalue weighted by Crippen LogP contribution is -2.31. The van der Waals surface area contributed by atoms with Gasteiger partial charge in [-0.3, -0.25) is 9.59 Å². The normalized spacial score (nSPS) is 20.1. The van der Waals surface area contributed by atoms with E-state index in [1.165, 1.54) is 23.5 Å². The van der Waals surface area contributed by atoms with Crippen molar-refractivity contribution in [3.8, 4) is 12.1 Å². The van der Waals surface area contributed by atoms with E-state index in [2.05, 4.69) is 22.8 Å². The van der Waals surface area contributed by atoms with Crippen LogP contribution >= 0.6 is 46.7 Å². The smallest absolute Gasteiger partial charge is 0.225 e. The zero-order chi connectivity index (χ0) is 24.9. The molecule has 0 saturated heterocycles. The predicted octanol–water partition coefficient (Wildman–Crippen LogP) is 5.79. The average molecular weight is 541 g/mol. The summed E-state index contributed by atoms with van der Waals surface area (Å²) in [6.07, 6.45) is 0.256. The maximum absolute atomic E-state index is 12.4. The largest absolute Gasteiger partial charge is 0.320 e. The number of rotatable bonds is 6. The van der Waals surface area contributed by atoms with Crippen molar-refractivity contribution in [1.29, 1.82) is 10.5 Å². The molecule has 10 heteroatoms. The van der Waals surface area contributed by atoms with E-state index in [1.807, 2.05) is 24.3 Å². The summed E-state index contributed by atoms with van der Waals surface area (Å²) in [4.78, 5) is 24.9. The number of carbonyl (C=O) groups excluding carboxylic acids is 2. The fraction of sp³-hybridized carbons (Fsp3) is 0.200. The Morgan fingerprint density at radius 1 is 0.771 bits per heavy atom. The van der Waals surface area contributed by atoms with Gasteiger partial charge >= 0.3 is 0 Å². The Kier molecular flexibility index (Phi) is 8.10. The first-order valence-corrected chi connectivity index (χ1v) is 13.3. The van der Waals surface area contributed by atoms with Crippen LogP contribution < -0.4 is 10.6 Å². The molecule has 0 unspecified atom stereocenters. The predicted molar refractivity (Wildman–Crippen MR) is 139 cm³/mol. The molecular formula is C25H18Cl2N4O2S2. The highest BCUT2D eigenvalue weighted by molar-refractivity contribution is 8.19. The van der Waals surface area contributed by atoms with Crippen molar-refractivity contribution in [2.45, 2.75) is 24.7 Å². The van der Waals surface area contributed by atoms with Crippen LogP contribution in [0.15, 0.2) is 69.7 Å². The Morgan fingerprint density at radius 2 is 1.17 bits per heavy atom. The number of halogens is 2. The quantitative estimate of drug-likeness (QED) is 0.448. The Hall–Kier alpha value is -2.88. The van der Waals surface area contributed by atoms with Gasteiger partial charge in [-0.2, -0.15) is 10.5 Å². The molecular weight excluding hydrogens is 523 g/mol. The Labute approximate surface area is 221 Å². The van der Waals surface area contributed by atoms with E-state index in [0.29, 0.717) is 36.3 Å². The molecule has 2 aliphatic heterocycles. The average Bonchev–Trinajstić information content (AvgIpc) is 2.84. The molecule has 0 radical (unpaired) electrons. The van der Waals surface area contributed by atoms with Crippen molar-refractivity contribution >= 4 is 58.5 Å². The van der Waals surface area contributed by atoms with Gasteiger partial charge in [-0.05, 0) is 23.3 Å². The highest BCUT2D eigenvalue weighted by atomic mass is 35.5. The summed E-state index contributed by atoms with van der Waals surface area (Å²) in [5, 5.41) is 27.6. The maximum Gasteiger partial charge on any atom is 0.225 e. The third-order valence-corrected chi connectivity index (χ3v) is 8.53. The molecule has 0 saturated carbocycles. The summed E-state index contributed by atoms with van der Waals surface area (Å²) in [5.74, 6) is -1.29. The van der Waals surface area contributed by atoms with Crippen LogP contribution in [0.1, 0.15) is 35.8 Å². The second-order valence-electron chi connectivity index (χ2n) is 7.77.